The number of hydrogen-bond donors (Lipinski definition) is 1. The van der Waals surface area contributed by atoms with E-state index in [-0.39, 0.29) is 11.4 Å². The number of fused-ring (bicyclic) bond motifs is 1. The molecule has 106 valence electrons. The largest absolute Gasteiger partial charge is 0.346 e. The van der Waals surface area contributed by atoms with Gasteiger partial charge in [0.15, 0.2) is 0 Å². The average Bonchev–Trinajstić information content (AvgIpc) is 2.92. The number of rotatable bonds is 3. The Balaban J connectivity index is 2.01. The second kappa shape index (κ2) is 5.57. The molecule has 0 saturated heterocycles. The van der Waals surface area contributed by atoms with Crippen molar-refractivity contribution in [1.29, 1.82) is 0 Å². The van der Waals surface area contributed by atoms with Crippen LogP contribution in [0.4, 0.5) is 0 Å². The zero-order valence-electron chi connectivity index (χ0n) is 11.9. The second-order valence-electron chi connectivity index (χ2n) is 5.69. The summed E-state index contributed by atoms with van der Waals surface area (Å²) in [5.41, 5.74) is -0.116. The highest BCUT2D eigenvalue weighted by Crippen LogP contribution is 2.42. The number of amides is 1. The van der Waals surface area contributed by atoms with Gasteiger partial charge in [0, 0.05) is 16.0 Å². The van der Waals surface area contributed by atoms with E-state index in [9.17, 15) is 4.79 Å². The standard InChI is InChI=1S/C17H21NOS/c1-2-16(19)18-17(10-6-3-7-11-17)15-12-13-8-4-5-9-14(13)20-15/h4-5,8-9,12H,2-3,6-7,10-11H2,1H3,(H,18,19). The average molecular weight is 287 g/mol. The minimum atomic E-state index is -0.116. The van der Waals surface area contributed by atoms with Gasteiger partial charge in [-0.2, -0.15) is 0 Å². The Hall–Kier alpha value is -1.35. The van der Waals surface area contributed by atoms with E-state index in [2.05, 4.69) is 35.6 Å². The van der Waals surface area contributed by atoms with Crippen molar-refractivity contribution in [2.24, 2.45) is 0 Å². The summed E-state index contributed by atoms with van der Waals surface area (Å²) in [7, 11) is 0. The zero-order valence-corrected chi connectivity index (χ0v) is 12.8. The van der Waals surface area contributed by atoms with Crippen molar-refractivity contribution in [2.75, 3.05) is 0 Å². The molecule has 1 aromatic heterocycles. The molecule has 1 heterocycles. The second-order valence-corrected chi connectivity index (χ2v) is 6.78. The zero-order chi connectivity index (χ0) is 14.0. The molecule has 2 nitrogen and oxygen atoms in total. The minimum Gasteiger partial charge on any atom is -0.346 e. The lowest BCUT2D eigenvalue weighted by atomic mass is 9.80. The predicted molar refractivity (Wildman–Crippen MR) is 85.0 cm³/mol. The number of carbonyl (C=O) groups excluding carboxylic acids is 1. The van der Waals surface area contributed by atoms with Gasteiger partial charge in [-0.3, -0.25) is 4.79 Å². The minimum absolute atomic E-state index is 0.116. The van der Waals surface area contributed by atoms with Crippen LogP contribution in [-0.2, 0) is 10.3 Å². The van der Waals surface area contributed by atoms with E-state index in [1.165, 1.54) is 34.2 Å². The Morgan fingerprint density at radius 3 is 2.70 bits per heavy atom. The molecule has 0 unspecified atom stereocenters. The van der Waals surface area contributed by atoms with Crippen LogP contribution in [0.25, 0.3) is 10.1 Å². The van der Waals surface area contributed by atoms with Crippen LogP contribution >= 0.6 is 11.3 Å². The summed E-state index contributed by atoms with van der Waals surface area (Å²) >= 11 is 1.84. The van der Waals surface area contributed by atoms with Gasteiger partial charge in [0.05, 0.1) is 5.54 Å². The molecular weight excluding hydrogens is 266 g/mol. The Morgan fingerprint density at radius 1 is 1.25 bits per heavy atom. The quantitative estimate of drug-likeness (QED) is 0.879. The van der Waals surface area contributed by atoms with E-state index >= 15 is 0 Å². The number of nitrogens with one attached hydrogen (secondary N) is 1. The summed E-state index contributed by atoms with van der Waals surface area (Å²) in [6.45, 7) is 1.93. The fourth-order valence-electron chi connectivity index (χ4n) is 3.16. The summed E-state index contributed by atoms with van der Waals surface area (Å²) in [5, 5.41) is 4.63. The SMILES string of the molecule is CCC(=O)NC1(c2cc3ccccc3s2)CCCCC1. The van der Waals surface area contributed by atoms with Crippen LogP contribution in [0.2, 0.25) is 0 Å². The van der Waals surface area contributed by atoms with Gasteiger partial charge < -0.3 is 5.32 Å². The number of hydrogen-bond acceptors (Lipinski definition) is 2. The van der Waals surface area contributed by atoms with E-state index in [1.807, 2.05) is 18.3 Å². The molecule has 1 amide bonds. The topological polar surface area (TPSA) is 29.1 Å². The first kappa shape index (κ1) is 13.6. The molecule has 1 N–H and O–H groups in total. The fraction of sp³-hybridized carbons (Fsp3) is 0.471. The molecule has 2 aromatic rings. The van der Waals surface area contributed by atoms with Crippen LogP contribution in [-0.4, -0.2) is 5.91 Å². The van der Waals surface area contributed by atoms with E-state index in [0.29, 0.717) is 6.42 Å². The van der Waals surface area contributed by atoms with Gasteiger partial charge in [-0.15, -0.1) is 11.3 Å². The van der Waals surface area contributed by atoms with Crippen molar-refractivity contribution in [3.05, 3.63) is 35.2 Å². The lowest BCUT2D eigenvalue weighted by molar-refractivity contribution is -0.123. The summed E-state index contributed by atoms with van der Waals surface area (Å²) in [4.78, 5) is 13.3. The maximum atomic E-state index is 12.0. The van der Waals surface area contributed by atoms with Crippen molar-refractivity contribution < 1.29 is 4.79 Å². The van der Waals surface area contributed by atoms with Crippen LogP contribution < -0.4 is 5.32 Å². The monoisotopic (exact) mass is 287 g/mol. The first-order valence-electron chi connectivity index (χ1n) is 7.53. The molecule has 3 heteroatoms. The molecular formula is C17H21NOS. The third-order valence-corrected chi connectivity index (χ3v) is 5.62. The lowest BCUT2D eigenvalue weighted by Crippen LogP contribution is -2.46. The van der Waals surface area contributed by atoms with Gasteiger partial charge in [0.1, 0.15) is 0 Å². The fourth-order valence-corrected chi connectivity index (χ4v) is 4.43. The molecule has 1 fully saturated rings. The Kier molecular flexibility index (Phi) is 3.79. The summed E-state index contributed by atoms with van der Waals surface area (Å²) in [6.07, 6.45) is 6.41. The molecule has 1 aromatic carbocycles. The van der Waals surface area contributed by atoms with Crippen molar-refractivity contribution >= 4 is 27.3 Å². The van der Waals surface area contributed by atoms with Crippen LogP contribution in [0.1, 0.15) is 50.3 Å². The molecule has 0 atom stereocenters. The van der Waals surface area contributed by atoms with Crippen molar-refractivity contribution in [3.63, 3.8) is 0 Å². The molecule has 1 saturated carbocycles. The smallest absolute Gasteiger partial charge is 0.220 e. The van der Waals surface area contributed by atoms with Crippen LogP contribution in [0.3, 0.4) is 0 Å². The van der Waals surface area contributed by atoms with E-state index in [1.54, 1.807) is 0 Å². The Labute approximate surface area is 124 Å². The molecule has 0 aliphatic heterocycles. The van der Waals surface area contributed by atoms with Gasteiger partial charge >= 0.3 is 0 Å². The third kappa shape index (κ3) is 2.47. The van der Waals surface area contributed by atoms with E-state index in [4.69, 9.17) is 0 Å². The van der Waals surface area contributed by atoms with Crippen LogP contribution in [0.15, 0.2) is 30.3 Å². The van der Waals surface area contributed by atoms with Gasteiger partial charge in [0.25, 0.3) is 0 Å². The van der Waals surface area contributed by atoms with Gasteiger partial charge in [-0.25, -0.2) is 0 Å². The molecule has 1 aliphatic carbocycles. The van der Waals surface area contributed by atoms with Crippen LogP contribution in [0.5, 0.6) is 0 Å². The Bertz CT molecular complexity index is 577. The molecule has 3 rings (SSSR count). The Morgan fingerprint density at radius 2 is 2.00 bits per heavy atom. The van der Waals surface area contributed by atoms with Gasteiger partial charge in [-0.1, -0.05) is 44.4 Å². The van der Waals surface area contributed by atoms with Gasteiger partial charge in [0.2, 0.25) is 5.91 Å². The summed E-state index contributed by atoms with van der Waals surface area (Å²) < 4.78 is 1.32. The first-order valence-corrected chi connectivity index (χ1v) is 8.35. The molecule has 0 bridgehead atoms. The van der Waals surface area contributed by atoms with Gasteiger partial charge in [-0.05, 0) is 30.4 Å². The highest BCUT2D eigenvalue weighted by atomic mass is 32.1. The summed E-state index contributed by atoms with van der Waals surface area (Å²) in [5.74, 6) is 0.171. The van der Waals surface area contributed by atoms with Crippen molar-refractivity contribution in [3.8, 4) is 0 Å². The maximum absolute atomic E-state index is 12.0. The maximum Gasteiger partial charge on any atom is 0.220 e. The highest BCUT2D eigenvalue weighted by molar-refractivity contribution is 7.19. The molecule has 1 aliphatic rings. The van der Waals surface area contributed by atoms with E-state index in [0.717, 1.165) is 12.8 Å². The summed E-state index contributed by atoms with van der Waals surface area (Å²) in [6, 6.07) is 10.8. The molecule has 0 radical (unpaired) electrons. The third-order valence-electron chi connectivity index (χ3n) is 4.30. The predicted octanol–water partition coefficient (Wildman–Crippen LogP) is 4.59. The van der Waals surface area contributed by atoms with Crippen molar-refractivity contribution in [1.82, 2.24) is 5.32 Å². The number of thiophene rings is 1. The number of benzene rings is 1. The lowest BCUT2D eigenvalue weighted by Gasteiger charge is -2.37. The molecule has 0 spiro atoms. The first-order chi connectivity index (χ1) is 9.73. The van der Waals surface area contributed by atoms with E-state index < -0.39 is 0 Å². The molecule has 20 heavy (non-hydrogen) atoms. The number of carbonyl (C=O) groups is 1. The van der Waals surface area contributed by atoms with Crippen LogP contribution in [0, 0.1) is 0 Å². The normalized spacial score (nSPS) is 18.1. The highest BCUT2D eigenvalue weighted by Gasteiger charge is 2.36. The van der Waals surface area contributed by atoms with Crippen molar-refractivity contribution in [2.45, 2.75) is 51.0 Å².